The number of nitrogens with one attached hydrogen (secondary N) is 2. The van der Waals surface area contributed by atoms with E-state index in [2.05, 4.69) is 10.9 Å². The molecule has 0 spiro atoms. The lowest BCUT2D eigenvalue weighted by Gasteiger charge is -2.36. The predicted molar refractivity (Wildman–Crippen MR) is 90.7 cm³/mol. The van der Waals surface area contributed by atoms with Crippen LogP contribution in [-0.2, 0) is 4.74 Å². The Morgan fingerprint density at radius 3 is 2.56 bits per heavy atom. The van der Waals surface area contributed by atoms with Crippen molar-refractivity contribution in [3.8, 4) is 0 Å². The third kappa shape index (κ3) is 4.00. The Morgan fingerprint density at radius 2 is 1.88 bits per heavy atom. The average Bonchev–Trinajstić information content (AvgIpc) is 3.05. The van der Waals surface area contributed by atoms with Crippen molar-refractivity contribution >= 4 is 11.9 Å². The topological polar surface area (TPSA) is 83.8 Å². The first kappa shape index (κ1) is 17.0. The first-order valence-electron chi connectivity index (χ1n) is 8.14. The Morgan fingerprint density at radius 1 is 1.12 bits per heavy atom. The molecule has 2 N–H and O–H groups in total. The van der Waals surface area contributed by atoms with E-state index in [4.69, 9.17) is 9.15 Å². The molecule has 0 saturated carbocycles. The minimum atomic E-state index is -0.416. The number of hydrogen-bond acceptors (Lipinski definition) is 4. The van der Waals surface area contributed by atoms with Gasteiger partial charge in [-0.25, -0.2) is 10.2 Å². The highest BCUT2D eigenvalue weighted by atomic mass is 16.5. The highest BCUT2D eigenvalue weighted by Crippen LogP contribution is 2.24. The Hall–Kier alpha value is -2.80. The van der Waals surface area contributed by atoms with Gasteiger partial charge in [0.15, 0.2) is 0 Å². The molecule has 2 atom stereocenters. The van der Waals surface area contributed by atoms with E-state index in [0.29, 0.717) is 24.4 Å². The zero-order valence-corrected chi connectivity index (χ0v) is 14.2. The van der Waals surface area contributed by atoms with Crippen LogP contribution in [0.2, 0.25) is 0 Å². The summed E-state index contributed by atoms with van der Waals surface area (Å²) in [5, 5.41) is 0. The van der Waals surface area contributed by atoms with Crippen LogP contribution in [0.4, 0.5) is 4.79 Å². The molecule has 3 amide bonds. The molecule has 2 aromatic rings. The van der Waals surface area contributed by atoms with Crippen molar-refractivity contribution in [2.24, 2.45) is 0 Å². The number of hydrazine groups is 1. The van der Waals surface area contributed by atoms with Crippen LogP contribution in [0.3, 0.4) is 0 Å². The number of hydrogen-bond donors (Lipinski definition) is 2. The smallest absolute Gasteiger partial charge is 0.336 e. The summed E-state index contributed by atoms with van der Waals surface area (Å²) in [6, 6.07) is 11.0. The van der Waals surface area contributed by atoms with Gasteiger partial charge in [0, 0.05) is 6.54 Å². The third-order valence-electron chi connectivity index (χ3n) is 4.11. The van der Waals surface area contributed by atoms with E-state index in [-0.39, 0.29) is 18.2 Å². The maximum absolute atomic E-state index is 12.4. The molecule has 7 nitrogen and oxygen atoms in total. The second kappa shape index (κ2) is 7.40. The molecule has 1 aliphatic rings. The van der Waals surface area contributed by atoms with E-state index < -0.39 is 5.91 Å². The van der Waals surface area contributed by atoms with Crippen LogP contribution in [0, 0.1) is 6.92 Å². The van der Waals surface area contributed by atoms with E-state index in [1.165, 1.54) is 6.26 Å². The lowest BCUT2D eigenvalue weighted by atomic mass is 10.1. The molecule has 1 fully saturated rings. The van der Waals surface area contributed by atoms with Crippen molar-refractivity contribution in [2.75, 3.05) is 13.1 Å². The molecule has 2 heterocycles. The van der Waals surface area contributed by atoms with Gasteiger partial charge in [0.05, 0.1) is 24.5 Å². The number of carbonyl (C=O) groups excluding carboxylic acids is 2. The Bertz CT molecular complexity index is 744. The van der Waals surface area contributed by atoms with E-state index in [0.717, 1.165) is 5.56 Å². The molecule has 3 rings (SSSR count). The molecule has 25 heavy (non-hydrogen) atoms. The highest BCUT2D eigenvalue weighted by molar-refractivity contribution is 5.96. The van der Waals surface area contributed by atoms with Gasteiger partial charge < -0.3 is 14.1 Å². The lowest BCUT2D eigenvalue weighted by molar-refractivity contribution is -0.0658. The first-order chi connectivity index (χ1) is 12.0. The molecule has 7 heteroatoms. The summed E-state index contributed by atoms with van der Waals surface area (Å²) in [4.78, 5) is 26.1. The quantitative estimate of drug-likeness (QED) is 0.820. The van der Waals surface area contributed by atoms with Gasteiger partial charge in [0.25, 0.3) is 5.91 Å². The molecule has 0 radical (unpaired) electrons. The normalized spacial score (nSPS) is 20.2. The van der Waals surface area contributed by atoms with Gasteiger partial charge in [-0.15, -0.1) is 0 Å². The van der Waals surface area contributed by atoms with E-state index >= 15 is 0 Å². The number of furan rings is 1. The number of urea groups is 1. The van der Waals surface area contributed by atoms with Crippen molar-refractivity contribution in [2.45, 2.75) is 26.1 Å². The van der Waals surface area contributed by atoms with Crippen molar-refractivity contribution < 1.29 is 18.7 Å². The van der Waals surface area contributed by atoms with Gasteiger partial charge in [0.1, 0.15) is 11.9 Å². The summed E-state index contributed by atoms with van der Waals surface area (Å²) in [6.45, 7) is 4.48. The van der Waals surface area contributed by atoms with Crippen LogP contribution in [0.25, 0.3) is 0 Å². The SMILES string of the molecule is Cc1occc1C(=O)NNC(=O)N1C[C@@H](C)O[C@H](c2ccccc2)C1. The Kier molecular flexibility index (Phi) is 5.04. The van der Waals surface area contributed by atoms with Crippen LogP contribution in [0.5, 0.6) is 0 Å². The molecule has 1 saturated heterocycles. The standard InChI is InChI=1S/C18H21N3O4/c1-12-10-21(11-16(25-12)14-6-4-3-5-7-14)18(23)20-19-17(22)15-8-9-24-13(15)2/h3-9,12,16H,10-11H2,1-2H3,(H,19,22)(H,20,23)/t12-,16+/m1/s1. The molecule has 0 bridgehead atoms. The number of rotatable bonds is 2. The number of nitrogens with zero attached hydrogens (tertiary/aromatic N) is 1. The fourth-order valence-electron chi connectivity index (χ4n) is 2.85. The lowest BCUT2D eigenvalue weighted by Crippen LogP contribution is -2.54. The molecular formula is C18H21N3O4. The number of morpholine rings is 1. The van der Waals surface area contributed by atoms with Gasteiger partial charge >= 0.3 is 6.03 Å². The minimum Gasteiger partial charge on any atom is -0.469 e. The summed E-state index contributed by atoms with van der Waals surface area (Å²) >= 11 is 0. The molecule has 0 aliphatic carbocycles. The van der Waals surface area contributed by atoms with E-state index in [9.17, 15) is 9.59 Å². The number of carbonyl (C=O) groups is 2. The molecule has 132 valence electrons. The number of ether oxygens (including phenoxy) is 1. The van der Waals surface area contributed by atoms with Gasteiger partial charge in [-0.1, -0.05) is 30.3 Å². The summed E-state index contributed by atoms with van der Waals surface area (Å²) in [5.74, 6) is 0.0800. The molecular weight excluding hydrogens is 322 g/mol. The first-order valence-corrected chi connectivity index (χ1v) is 8.14. The Balaban J connectivity index is 1.59. The molecule has 1 aromatic heterocycles. The number of aryl methyl sites for hydroxylation is 1. The van der Waals surface area contributed by atoms with Crippen molar-refractivity contribution in [3.63, 3.8) is 0 Å². The second-order valence-corrected chi connectivity index (χ2v) is 6.03. The average molecular weight is 343 g/mol. The molecule has 0 unspecified atom stereocenters. The van der Waals surface area contributed by atoms with Crippen LogP contribution in [0.15, 0.2) is 47.1 Å². The number of amides is 3. The number of benzene rings is 1. The van der Waals surface area contributed by atoms with Crippen molar-refractivity contribution in [1.82, 2.24) is 15.8 Å². The van der Waals surface area contributed by atoms with Crippen LogP contribution < -0.4 is 10.9 Å². The zero-order valence-electron chi connectivity index (χ0n) is 14.2. The van der Waals surface area contributed by atoms with Gasteiger partial charge in [-0.2, -0.15) is 0 Å². The third-order valence-corrected chi connectivity index (χ3v) is 4.11. The second-order valence-electron chi connectivity index (χ2n) is 6.03. The summed E-state index contributed by atoms with van der Waals surface area (Å²) < 4.78 is 11.0. The summed E-state index contributed by atoms with van der Waals surface area (Å²) in [5.41, 5.74) is 6.27. The Labute approximate surface area is 145 Å². The van der Waals surface area contributed by atoms with Crippen molar-refractivity contribution in [1.29, 1.82) is 0 Å². The van der Waals surface area contributed by atoms with E-state index in [1.807, 2.05) is 37.3 Å². The van der Waals surface area contributed by atoms with Crippen LogP contribution in [0.1, 0.15) is 34.7 Å². The monoisotopic (exact) mass is 343 g/mol. The van der Waals surface area contributed by atoms with Gasteiger partial charge in [-0.05, 0) is 25.5 Å². The highest BCUT2D eigenvalue weighted by Gasteiger charge is 2.29. The minimum absolute atomic E-state index is 0.100. The fourth-order valence-corrected chi connectivity index (χ4v) is 2.85. The maximum atomic E-state index is 12.4. The summed E-state index contributed by atoms with van der Waals surface area (Å²) in [6.07, 6.45) is 1.14. The van der Waals surface area contributed by atoms with Gasteiger partial charge in [0.2, 0.25) is 0 Å². The van der Waals surface area contributed by atoms with Crippen LogP contribution in [-0.4, -0.2) is 36.0 Å². The van der Waals surface area contributed by atoms with Gasteiger partial charge in [-0.3, -0.25) is 10.2 Å². The predicted octanol–water partition coefficient (Wildman–Crippen LogP) is 2.40. The largest absolute Gasteiger partial charge is 0.469 e. The van der Waals surface area contributed by atoms with Crippen LogP contribution >= 0.6 is 0 Å². The fraction of sp³-hybridized carbons (Fsp3) is 0.333. The van der Waals surface area contributed by atoms with E-state index in [1.54, 1.807) is 17.9 Å². The molecule has 1 aromatic carbocycles. The maximum Gasteiger partial charge on any atom is 0.336 e. The van der Waals surface area contributed by atoms with Crippen molar-refractivity contribution in [3.05, 3.63) is 59.5 Å². The zero-order chi connectivity index (χ0) is 17.8. The molecule has 1 aliphatic heterocycles. The summed E-state index contributed by atoms with van der Waals surface area (Å²) in [7, 11) is 0.